The van der Waals surface area contributed by atoms with Crippen LogP contribution in [0.2, 0.25) is 0 Å². The van der Waals surface area contributed by atoms with Gasteiger partial charge in [-0.1, -0.05) is 53.7 Å². The molecule has 0 saturated carbocycles. The van der Waals surface area contributed by atoms with E-state index >= 15 is 0 Å². The normalized spacial score (nSPS) is 12.6. The summed E-state index contributed by atoms with van der Waals surface area (Å²) in [7, 11) is -3.69. The number of rotatable bonds is 8. The van der Waals surface area contributed by atoms with Crippen LogP contribution in [0.4, 0.5) is 5.69 Å². The summed E-state index contributed by atoms with van der Waals surface area (Å²) in [6, 6.07) is 21.7. The second kappa shape index (κ2) is 10.8. The van der Waals surface area contributed by atoms with E-state index in [1.54, 1.807) is 19.1 Å². The molecule has 0 fully saturated rings. The maximum Gasteiger partial charge on any atom is 0.240 e. The zero-order valence-corrected chi connectivity index (χ0v) is 23.7. The number of anilines is 1. The number of carbonyl (C=O) groups is 1. The van der Waals surface area contributed by atoms with Crippen molar-refractivity contribution in [3.8, 4) is 0 Å². The molecule has 5 aromatic rings. The molecule has 2 N–H and O–H groups in total. The van der Waals surface area contributed by atoms with Crippen molar-refractivity contribution in [2.24, 2.45) is 0 Å². The van der Waals surface area contributed by atoms with Crippen LogP contribution in [-0.2, 0) is 21.4 Å². The lowest BCUT2D eigenvalue weighted by Crippen LogP contribution is -2.24. The van der Waals surface area contributed by atoms with E-state index in [9.17, 15) is 13.2 Å². The van der Waals surface area contributed by atoms with Gasteiger partial charge in [-0.2, -0.15) is 0 Å². The molecule has 0 saturated heterocycles. The first-order chi connectivity index (χ1) is 18.6. The smallest absolute Gasteiger partial charge is 0.240 e. The first-order valence-corrected chi connectivity index (χ1v) is 14.9. The molecule has 39 heavy (non-hydrogen) atoms. The Balaban J connectivity index is 1.29. The molecule has 8 nitrogen and oxygen atoms in total. The van der Waals surface area contributed by atoms with Crippen molar-refractivity contribution >= 4 is 49.9 Å². The minimum atomic E-state index is -3.69. The summed E-state index contributed by atoms with van der Waals surface area (Å²) in [4.78, 5) is 13.2. The van der Waals surface area contributed by atoms with Gasteiger partial charge in [-0.3, -0.25) is 9.20 Å². The van der Waals surface area contributed by atoms with E-state index in [2.05, 4.69) is 53.1 Å². The highest BCUT2D eigenvalue weighted by molar-refractivity contribution is 8.00. The maximum absolute atomic E-state index is 13.0. The Kier molecular flexibility index (Phi) is 7.44. The van der Waals surface area contributed by atoms with Gasteiger partial charge in [0, 0.05) is 17.6 Å². The van der Waals surface area contributed by atoms with E-state index in [0.29, 0.717) is 10.8 Å². The number of aryl methyl sites for hydroxylation is 3. The largest absolute Gasteiger partial charge is 0.325 e. The molecule has 1 unspecified atom stereocenters. The Labute approximate surface area is 231 Å². The molecular formula is C29H29N5O3S2. The molecule has 1 amide bonds. The summed E-state index contributed by atoms with van der Waals surface area (Å²) in [5.74, 6) is -0.224. The number of aromatic nitrogens is 3. The van der Waals surface area contributed by atoms with E-state index < -0.39 is 15.3 Å². The third-order valence-corrected chi connectivity index (χ3v) is 8.95. The fraction of sp³-hybridized carbons (Fsp3) is 0.207. The van der Waals surface area contributed by atoms with Gasteiger partial charge in [-0.15, -0.1) is 10.2 Å². The van der Waals surface area contributed by atoms with Gasteiger partial charge in [0.2, 0.25) is 15.9 Å². The van der Waals surface area contributed by atoms with Crippen LogP contribution < -0.4 is 10.0 Å². The van der Waals surface area contributed by atoms with Crippen LogP contribution in [-0.4, -0.2) is 34.2 Å². The molecule has 3 aromatic carbocycles. The molecule has 0 aliphatic rings. The second-order valence-electron chi connectivity index (χ2n) is 9.57. The molecule has 2 heterocycles. The van der Waals surface area contributed by atoms with Crippen LogP contribution >= 0.6 is 11.8 Å². The number of nitrogens with zero attached hydrogens (tertiary/aromatic N) is 3. The number of sulfonamides is 1. The van der Waals surface area contributed by atoms with Gasteiger partial charge < -0.3 is 5.32 Å². The SMILES string of the molecule is Cc1cc(C)c2c(c1)c(C)cc1nnc(SC(C)C(=O)Nc3ccc(S(=O)(=O)NCc4ccccc4)cc3)n12. The number of hydrogen-bond donors (Lipinski definition) is 2. The van der Waals surface area contributed by atoms with Crippen molar-refractivity contribution in [2.75, 3.05) is 5.32 Å². The second-order valence-corrected chi connectivity index (χ2v) is 12.6. The number of nitrogens with one attached hydrogen (secondary N) is 2. The number of pyridine rings is 1. The third kappa shape index (κ3) is 5.68. The first kappa shape index (κ1) is 26.9. The standard InChI is InChI=1S/C29H29N5O3S2/c1-18-14-20(3)27-25(15-18)19(2)16-26-32-33-29(34(26)27)38-21(4)28(35)31-23-10-12-24(13-11-23)39(36,37)30-17-22-8-6-5-7-9-22/h5-16,21,30H,17H2,1-4H3,(H,31,35). The summed E-state index contributed by atoms with van der Waals surface area (Å²) < 4.78 is 29.9. The van der Waals surface area contributed by atoms with Crippen LogP contribution in [0.15, 0.2) is 82.8 Å². The summed E-state index contributed by atoms with van der Waals surface area (Å²) >= 11 is 1.32. The molecule has 0 bridgehead atoms. The lowest BCUT2D eigenvalue weighted by atomic mass is 10.0. The van der Waals surface area contributed by atoms with Crippen molar-refractivity contribution in [2.45, 2.75) is 49.5 Å². The monoisotopic (exact) mass is 559 g/mol. The maximum atomic E-state index is 13.0. The number of fused-ring (bicyclic) bond motifs is 3. The van der Waals surface area contributed by atoms with Crippen LogP contribution in [0.1, 0.15) is 29.2 Å². The highest BCUT2D eigenvalue weighted by Crippen LogP contribution is 2.31. The van der Waals surface area contributed by atoms with Gasteiger partial charge in [0.25, 0.3) is 0 Å². The highest BCUT2D eigenvalue weighted by atomic mass is 32.2. The molecule has 1 atom stereocenters. The summed E-state index contributed by atoms with van der Waals surface area (Å²) in [5, 5.41) is 12.9. The average molecular weight is 560 g/mol. The molecule has 5 rings (SSSR count). The minimum absolute atomic E-state index is 0.126. The highest BCUT2D eigenvalue weighted by Gasteiger charge is 2.21. The Morgan fingerprint density at radius 3 is 2.38 bits per heavy atom. The van der Waals surface area contributed by atoms with E-state index in [1.807, 2.05) is 40.8 Å². The van der Waals surface area contributed by atoms with Crippen molar-refractivity contribution in [3.63, 3.8) is 0 Å². The number of amides is 1. The third-order valence-electron chi connectivity index (χ3n) is 6.49. The Hall–Kier alpha value is -3.73. The van der Waals surface area contributed by atoms with Gasteiger partial charge in [-0.05, 0) is 80.8 Å². The fourth-order valence-electron chi connectivity index (χ4n) is 4.52. The van der Waals surface area contributed by atoms with E-state index in [4.69, 9.17) is 0 Å². The Morgan fingerprint density at radius 1 is 0.949 bits per heavy atom. The minimum Gasteiger partial charge on any atom is -0.325 e. The fourth-order valence-corrected chi connectivity index (χ4v) is 6.40. The van der Waals surface area contributed by atoms with Gasteiger partial charge >= 0.3 is 0 Å². The average Bonchev–Trinajstić information content (AvgIpc) is 3.30. The van der Waals surface area contributed by atoms with Crippen LogP contribution in [0.5, 0.6) is 0 Å². The molecule has 0 aliphatic heterocycles. The van der Waals surface area contributed by atoms with E-state index in [1.165, 1.54) is 29.5 Å². The molecule has 0 radical (unpaired) electrons. The lowest BCUT2D eigenvalue weighted by Gasteiger charge is -2.14. The molecule has 10 heteroatoms. The number of carbonyl (C=O) groups excluding carboxylic acids is 1. The Morgan fingerprint density at radius 2 is 1.67 bits per heavy atom. The zero-order chi connectivity index (χ0) is 27.7. The summed E-state index contributed by atoms with van der Waals surface area (Å²) in [5.41, 5.74) is 6.57. The molecule has 200 valence electrons. The lowest BCUT2D eigenvalue weighted by molar-refractivity contribution is -0.115. The van der Waals surface area contributed by atoms with Crippen LogP contribution in [0.25, 0.3) is 16.6 Å². The van der Waals surface area contributed by atoms with Crippen LogP contribution in [0.3, 0.4) is 0 Å². The molecule has 0 aliphatic carbocycles. The zero-order valence-electron chi connectivity index (χ0n) is 22.1. The molecule has 0 spiro atoms. The van der Waals surface area contributed by atoms with Gasteiger partial charge in [0.1, 0.15) is 0 Å². The first-order valence-electron chi connectivity index (χ1n) is 12.5. The van der Waals surface area contributed by atoms with E-state index in [0.717, 1.165) is 33.2 Å². The predicted molar refractivity (Wildman–Crippen MR) is 156 cm³/mol. The van der Waals surface area contributed by atoms with Gasteiger partial charge in [-0.25, -0.2) is 13.1 Å². The van der Waals surface area contributed by atoms with Crippen molar-refractivity contribution in [3.05, 3.63) is 95.1 Å². The van der Waals surface area contributed by atoms with E-state index in [-0.39, 0.29) is 17.3 Å². The topological polar surface area (TPSA) is 105 Å². The van der Waals surface area contributed by atoms with Crippen molar-refractivity contribution in [1.82, 2.24) is 19.3 Å². The van der Waals surface area contributed by atoms with Crippen molar-refractivity contribution < 1.29 is 13.2 Å². The molecule has 2 aromatic heterocycles. The quantitative estimate of drug-likeness (QED) is 0.247. The number of hydrogen-bond acceptors (Lipinski definition) is 6. The Bertz CT molecular complexity index is 1780. The molecular weight excluding hydrogens is 530 g/mol. The predicted octanol–water partition coefficient (Wildman–Crippen LogP) is 5.41. The summed E-state index contributed by atoms with van der Waals surface area (Å²) in [6.07, 6.45) is 0. The van der Waals surface area contributed by atoms with Gasteiger partial charge in [0.15, 0.2) is 10.8 Å². The number of benzene rings is 3. The van der Waals surface area contributed by atoms with Gasteiger partial charge in [0.05, 0.1) is 15.7 Å². The van der Waals surface area contributed by atoms with Crippen LogP contribution in [0, 0.1) is 20.8 Å². The van der Waals surface area contributed by atoms with Crippen molar-refractivity contribution in [1.29, 1.82) is 0 Å². The number of thioether (sulfide) groups is 1. The summed E-state index contributed by atoms with van der Waals surface area (Å²) in [6.45, 7) is 8.21.